The molecule has 2 heterocycles. The van der Waals surface area contributed by atoms with E-state index in [0.717, 1.165) is 0 Å². The number of hydrogen-bond donors (Lipinski definition) is 0. The molecule has 0 unspecified atom stereocenters. The van der Waals surface area contributed by atoms with Crippen LogP contribution in [0.3, 0.4) is 0 Å². The second-order valence-corrected chi connectivity index (χ2v) is 9.74. The van der Waals surface area contributed by atoms with Gasteiger partial charge in [0.05, 0.1) is 22.4 Å². The minimum Gasteiger partial charge on any atom is -0.482 e. The van der Waals surface area contributed by atoms with E-state index in [4.69, 9.17) is 27.9 Å². The second-order valence-electron chi connectivity index (χ2n) is 6.67. The molecule has 2 fully saturated rings. The number of nitrogens with zero attached hydrogens (tertiary/aromatic N) is 2. The number of piperazine rings is 1. The zero-order chi connectivity index (χ0) is 19.6. The molecule has 1 aromatic carbocycles. The van der Waals surface area contributed by atoms with Crippen LogP contribution in [0.2, 0.25) is 10.0 Å². The van der Waals surface area contributed by atoms with Crippen LogP contribution in [-0.2, 0) is 19.4 Å². The Balaban J connectivity index is 1.47. The van der Waals surface area contributed by atoms with Gasteiger partial charge < -0.3 is 14.5 Å². The standard InChI is InChI=1S/C17H20Cl2N2O5S/c18-13-1-2-15(14(19)9-13)26-10-16(22)20-4-6-21(7-5-20)17(23)12-3-8-27(24,25)11-12/h1-2,9,12H,3-8,10-11H2/t12-/m0/s1. The molecule has 2 aliphatic rings. The number of hydrogen-bond acceptors (Lipinski definition) is 5. The van der Waals surface area contributed by atoms with Gasteiger partial charge in [-0.3, -0.25) is 9.59 Å². The largest absolute Gasteiger partial charge is 0.482 e. The molecule has 1 aromatic rings. The topological polar surface area (TPSA) is 84.0 Å². The van der Waals surface area contributed by atoms with Crippen LogP contribution in [0.1, 0.15) is 6.42 Å². The molecule has 27 heavy (non-hydrogen) atoms. The van der Waals surface area contributed by atoms with Crippen molar-refractivity contribution in [2.45, 2.75) is 6.42 Å². The van der Waals surface area contributed by atoms with Gasteiger partial charge in [0.1, 0.15) is 5.75 Å². The lowest BCUT2D eigenvalue weighted by Gasteiger charge is -2.35. The molecule has 7 nitrogen and oxygen atoms in total. The molecule has 0 aromatic heterocycles. The Bertz CT molecular complexity index is 838. The Morgan fingerprint density at radius 2 is 1.78 bits per heavy atom. The third-order valence-electron chi connectivity index (χ3n) is 4.77. The van der Waals surface area contributed by atoms with Crippen molar-refractivity contribution in [3.8, 4) is 5.75 Å². The average molecular weight is 435 g/mol. The van der Waals surface area contributed by atoms with E-state index >= 15 is 0 Å². The quantitative estimate of drug-likeness (QED) is 0.716. The van der Waals surface area contributed by atoms with E-state index in [1.165, 1.54) is 6.07 Å². The molecule has 2 aliphatic heterocycles. The molecule has 0 N–H and O–H groups in total. The fraction of sp³-hybridized carbons (Fsp3) is 0.529. The predicted octanol–water partition coefficient (Wildman–Crippen LogP) is 1.48. The second kappa shape index (κ2) is 8.24. The molecule has 1 atom stereocenters. The molecule has 0 spiro atoms. The maximum absolute atomic E-state index is 12.4. The van der Waals surface area contributed by atoms with Crippen molar-refractivity contribution < 1.29 is 22.7 Å². The number of carbonyl (C=O) groups excluding carboxylic acids is 2. The minimum absolute atomic E-state index is 0.0688. The fourth-order valence-corrected chi connectivity index (χ4v) is 5.44. The Kier molecular flexibility index (Phi) is 6.18. The molecule has 3 rings (SSSR count). The first kappa shape index (κ1) is 20.2. The number of amides is 2. The average Bonchev–Trinajstić information content (AvgIpc) is 3.00. The zero-order valence-electron chi connectivity index (χ0n) is 14.6. The molecule has 2 saturated heterocycles. The lowest BCUT2D eigenvalue weighted by Crippen LogP contribution is -2.53. The van der Waals surface area contributed by atoms with Gasteiger partial charge in [-0.05, 0) is 24.6 Å². The zero-order valence-corrected chi connectivity index (χ0v) is 16.9. The summed E-state index contributed by atoms with van der Waals surface area (Å²) in [7, 11) is -3.09. The summed E-state index contributed by atoms with van der Waals surface area (Å²) in [6.45, 7) is 1.41. The van der Waals surface area contributed by atoms with Gasteiger partial charge >= 0.3 is 0 Å². The number of halogens is 2. The van der Waals surface area contributed by atoms with Crippen LogP contribution in [0, 0.1) is 5.92 Å². The van der Waals surface area contributed by atoms with Crippen molar-refractivity contribution in [1.82, 2.24) is 9.80 Å². The summed E-state index contributed by atoms with van der Waals surface area (Å²) in [6.07, 6.45) is 0.385. The summed E-state index contributed by atoms with van der Waals surface area (Å²) in [5, 5.41) is 0.812. The summed E-state index contributed by atoms with van der Waals surface area (Å²) in [5.74, 6) is -0.394. The highest BCUT2D eigenvalue weighted by Crippen LogP contribution is 2.27. The summed E-state index contributed by atoms with van der Waals surface area (Å²) in [5.41, 5.74) is 0. The molecular formula is C17H20Cl2N2O5S. The van der Waals surface area contributed by atoms with Gasteiger partial charge in [0.25, 0.3) is 5.91 Å². The van der Waals surface area contributed by atoms with Gasteiger partial charge in [0.2, 0.25) is 5.91 Å². The third kappa shape index (κ3) is 5.06. The summed E-state index contributed by atoms with van der Waals surface area (Å²) < 4.78 is 28.5. The van der Waals surface area contributed by atoms with Gasteiger partial charge in [-0.2, -0.15) is 0 Å². The smallest absolute Gasteiger partial charge is 0.260 e. The molecule has 10 heteroatoms. The lowest BCUT2D eigenvalue weighted by molar-refractivity contribution is -0.142. The van der Waals surface area contributed by atoms with Gasteiger partial charge in [0, 0.05) is 31.2 Å². The van der Waals surface area contributed by atoms with E-state index < -0.39 is 15.8 Å². The van der Waals surface area contributed by atoms with Gasteiger partial charge in [-0.25, -0.2) is 8.42 Å². The summed E-state index contributed by atoms with van der Waals surface area (Å²) >= 11 is 11.8. The molecule has 0 saturated carbocycles. The van der Waals surface area contributed by atoms with Crippen molar-refractivity contribution in [3.05, 3.63) is 28.2 Å². The SMILES string of the molecule is O=C(COc1ccc(Cl)cc1Cl)N1CCN(C(=O)[C@H]2CCS(=O)(=O)C2)CC1. The van der Waals surface area contributed by atoms with Crippen LogP contribution in [0.25, 0.3) is 0 Å². The first-order valence-corrected chi connectivity index (χ1v) is 11.2. The Hall–Kier alpha value is -1.51. The number of benzene rings is 1. The first-order chi connectivity index (χ1) is 12.7. The van der Waals surface area contributed by atoms with Crippen molar-refractivity contribution in [1.29, 1.82) is 0 Å². The van der Waals surface area contributed by atoms with Crippen LogP contribution in [0.4, 0.5) is 0 Å². The number of carbonyl (C=O) groups is 2. The monoisotopic (exact) mass is 434 g/mol. The lowest BCUT2D eigenvalue weighted by atomic mass is 10.1. The maximum Gasteiger partial charge on any atom is 0.260 e. The van der Waals surface area contributed by atoms with E-state index in [9.17, 15) is 18.0 Å². The van der Waals surface area contributed by atoms with Crippen molar-refractivity contribution in [2.75, 3.05) is 44.3 Å². The normalized spacial score (nSPS) is 21.9. The Morgan fingerprint density at radius 3 is 2.37 bits per heavy atom. The van der Waals surface area contributed by atoms with E-state index in [0.29, 0.717) is 48.4 Å². The molecule has 0 bridgehead atoms. The van der Waals surface area contributed by atoms with Crippen LogP contribution < -0.4 is 4.74 Å². The van der Waals surface area contributed by atoms with Crippen LogP contribution in [0.5, 0.6) is 5.75 Å². The van der Waals surface area contributed by atoms with E-state index in [-0.39, 0.29) is 29.9 Å². The number of ether oxygens (including phenoxy) is 1. The van der Waals surface area contributed by atoms with Gasteiger partial charge in [0.15, 0.2) is 16.4 Å². The third-order valence-corrected chi connectivity index (χ3v) is 7.07. The predicted molar refractivity (Wildman–Crippen MR) is 102 cm³/mol. The molecule has 0 radical (unpaired) electrons. The Labute approximate surface area is 168 Å². The van der Waals surface area contributed by atoms with Crippen molar-refractivity contribution in [2.24, 2.45) is 5.92 Å². The summed E-state index contributed by atoms with van der Waals surface area (Å²) in [6, 6.07) is 4.77. The number of sulfone groups is 1. The van der Waals surface area contributed by atoms with Gasteiger partial charge in [-0.1, -0.05) is 23.2 Å². The maximum atomic E-state index is 12.4. The van der Waals surface area contributed by atoms with E-state index in [1.807, 2.05) is 0 Å². The molecular weight excluding hydrogens is 415 g/mol. The Morgan fingerprint density at radius 1 is 1.11 bits per heavy atom. The number of rotatable bonds is 4. The first-order valence-electron chi connectivity index (χ1n) is 8.60. The molecule has 2 amide bonds. The van der Waals surface area contributed by atoms with Gasteiger partial charge in [-0.15, -0.1) is 0 Å². The van der Waals surface area contributed by atoms with E-state index in [2.05, 4.69) is 0 Å². The van der Waals surface area contributed by atoms with E-state index in [1.54, 1.807) is 21.9 Å². The van der Waals surface area contributed by atoms with Crippen LogP contribution in [-0.4, -0.2) is 74.3 Å². The fourth-order valence-electron chi connectivity index (χ4n) is 3.25. The van der Waals surface area contributed by atoms with Crippen molar-refractivity contribution in [3.63, 3.8) is 0 Å². The van der Waals surface area contributed by atoms with Crippen molar-refractivity contribution >= 4 is 44.9 Å². The summed E-state index contributed by atoms with van der Waals surface area (Å²) in [4.78, 5) is 28.0. The molecule has 0 aliphatic carbocycles. The van der Waals surface area contributed by atoms with Crippen LogP contribution in [0.15, 0.2) is 18.2 Å². The highest BCUT2D eigenvalue weighted by atomic mass is 35.5. The highest BCUT2D eigenvalue weighted by Gasteiger charge is 2.36. The highest BCUT2D eigenvalue weighted by molar-refractivity contribution is 7.91. The van der Waals surface area contributed by atoms with Crippen LogP contribution >= 0.6 is 23.2 Å². The minimum atomic E-state index is -3.09. The molecule has 148 valence electrons.